The summed E-state index contributed by atoms with van der Waals surface area (Å²) in [6.07, 6.45) is 0. The molecule has 0 aliphatic carbocycles. The highest BCUT2D eigenvalue weighted by atomic mass is 32.1. The molecule has 0 atom stereocenters. The third-order valence-electron chi connectivity index (χ3n) is 5.80. The Kier molecular flexibility index (Phi) is 4.94. The molecule has 2 aromatic heterocycles. The summed E-state index contributed by atoms with van der Waals surface area (Å²) >= 11 is 4.22. The summed E-state index contributed by atoms with van der Waals surface area (Å²) in [6.45, 7) is 6.27. The van der Waals surface area contributed by atoms with Gasteiger partial charge in [-0.15, -0.1) is 11.3 Å². The van der Waals surface area contributed by atoms with Gasteiger partial charge in [0, 0.05) is 27.4 Å². The highest BCUT2D eigenvalue weighted by molar-refractivity contribution is 7.58. The topological polar surface area (TPSA) is 53.7 Å². The molecule has 0 bridgehead atoms. The highest BCUT2D eigenvalue weighted by Crippen LogP contribution is 2.51. The van der Waals surface area contributed by atoms with Gasteiger partial charge in [0.15, 0.2) is 0 Å². The normalized spacial score (nSPS) is 12.2. The second kappa shape index (κ2) is 7.98. The van der Waals surface area contributed by atoms with Crippen LogP contribution in [0.3, 0.4) is 0 Å². The van der Waals surface area contributed by atoms with E-state index in [2.05, 4.69) is 96.9 Å². The summed E-state index contributed by atoms with van der Waals surface area (Å²) in [5.74, 6) is 0. The third kappa shape index (κ3) is 3.42. The minimum atomic E-state index is 0.906. The van der Waals surface area contributed by atoms with Gasteiger partial charge in [-0.2, -0.15) is 17.5 Å². The number of hydrogen-bond donors (Lipinski definition) is 0. The molecule has 8 heteroatoms. The number of benzene rings is 3. The fourth-order valence-corrected chi connectivity index (χ4v) is 6.33. The standard InChI is InChI=1S/C25H19N5S3/c1-14-4-8-17(9-5-14)30(18-10-6-15(2)7-11-18)20-13-12-19(31-20)21-24-22(26-32-28-24)16(3)23-25(21)29-33-27-23/h4-13H,1-3H3. The van der Waals surface area contributed by atoms with Crippen molar-refractivity contribution in [2.75, 3.05) is 4.90 Å². The van der Waals surface area contributed by atoms with Gasteiger partial charge < -0.3 is 4.90 Å². The highest BCUT2D eigenvalue weighted by Gasteiger charge is 2.25. The lowest BCUT2D eigenvalue weighted by molar-refractivity contribution is 1.29. The average molecular weight is 486 g/mol. The van der Waals surface area contributed by atoms with E-state index in [-0.39, 0.29) is 0 Å². The summed E-state index contributed by atoms with van der Waals surface area (Å²) in [6, 6.07) is 21.6. The Morgan fingerprint density at radius 1 is 0.667 bits per heavy atom. The van der Waals surface area contributed by atoms with Crippen LogP contribution >= 0.6 is 23.1 Å². The zero-order valence-electron chi connectivity index (χ0n) is 18.2. The Bertz CT molecular complexity index is 1530. The van der Waals surface area contributed by atoms with Gasteiger partial charge in [0.1, 0.15) is 27.4 Å². The molecule has 0 fully saturated rings. The molecule has 0 spiro atoms. The van der Waals surface area contributed by atoms with E-state index >= 15 is 0 Å². The van der Waals surface area contributed by atoms with Crippen LogP contribution in [-0.2, 0) is 11.4 Å². The van der Waals surface area contributed by atoms with Crippen LogP contribution in [0, 0.1) is 20.8 Å². The van der Waals surface area contributed by atoms with Gasteiger partial charge in [-0.05, 0) is 57.2 Å². The molecule has 6 rings (SSSR count). The number of nitrogens with zero attached hydrogens (tertiary/aromatic N) is 5. The minimum Gasteiger partial charge on any atom is -0.302 e. The maximum Gasteiger partial charge on any atom is 0.116 e. The molecule has 0 unspecified atom stereocenters. The third-order valence-corrected chi connectivity index (χ3v) is 7.95. The molecule has 1 aliphatic heterocycles. The zero-order chi connectivity index (χ0) is 22.5. The van der Waals surface area contributed by atoms with E-state index in [9.17, 15) is 0 Å². The number of aryl methyl sites for hydroxylation is 3. The van der Waals surface area contributed by atoms with Crippen LogP contribution in [0.15, 0.2) is 69.4 Å². The first-order valence-electron chi connectivity index (χ1n) is 10.5. The van der Waals surface area contributed by atoms with E-state index in [1.54, 1.807) is 11.3 Å². The molecule has 162 valence electrons. The van der Waals surface area contributed by atoms with Gasteiger partial charge in [0.25, 0.3) is 0 Å². The predicted octanol–water partition coefficient (Wildman–Crippen LogP) is 8.54. The van der Waals surface area contributed by atoms with E-state index < -0.39 is 0 Å². The molecule has 5 nitrogen and oxygen atoms in total. The predicted molar refractivity (Wildman–Crippen MR) is 141 cm³/mol. The monoisotopic (exact) mass is 485 g/mol. The van der Waals surface area contributed by atoms with Crippen LogP contribution in [-0.4, -0.2) is 8.75 Å². The van der Waals surface area contributed by atoms with Crippen molar-refractivity contribution in [1.29, 1.82) is 0 Å². The zero-order valence-corrected chi connectivity index (χ0v) is 20.7. The first kappa shape index (κ1) is 20.4. The number of rotatable bonds is 4. The van der Waals surface area contributed by atoms with Crippen molar-refractivity contribution in [2.24, 2.45) is 8.73 Å². The van der Waals surface area contributed by atoms with Crippen molar-refractivity contribution in [1.82, 2.24) is 8.75 Å². The molecule has 5 aromatic rings. The summed E-state index contributed by atoms with van der Waals surface area (Å²) in [7, 11) is 0. The molecule has 0 saturated heterocycles. The van der Waals surface area contributed by atoms with Crippen molar-refractivity contribution in [3.8, 4) is 10.4 Å². The Balaban J connectivity index is 1.53. The number of fused-ring (bicyclic) bond motifs is 2. The summed E-state index contributed by atoms with van der Waals surface area (Å²) in [5.41, 5.74) is 10.5. The number of hydrogen-bond acceptors (Lipinski definition) is 7. The van der Waals surface area contributed by atoms with E-state index in [0.29, 0.717) is 0 Å². The lowest BCUT2D eigenvalue weighted by Crippen LogP contribution is -2.08. The van der Waals surface area contributed by atoms with Crippen molar-refractivity contribution in [3.05, 3.63) is 77.4 Å². The van der Waals surface area contributed by atoms with E-state index in [0.717, 1.165) is 54.8 Å². The first-order valence-corrected chi connectivity index (χ1v) is 12.8. The summed E-state index contributed by atoms with van der Waals surface area (Å²) in [5, 5.41) is 1.13. The molecule has 0 N–H and O–H groups in total. The molecular weight excluding hydrogens is 467 g/mol. The van der Waals surface area contributed by atoms with Crippen LogP contribution in [0.25, 0.3) is 21.5 Å². The van der Waals surface area contributed by atoms with Gasteiger partial charge in [0.05, 0.1) is 23.1 Å². The average Bonchev–Trinajstić information content (AvgIpc) is 3.58. The van der Waals surface area contributed by atoms with Crippen molar-refractivity contribution >= 4 is 73.2 Å². The lowest BCUT2D eigenvalue weighted by atomic mass is 10.0. The minimum absolute atomic E-state index is 0.906. The molecule has 0 radical (unpaired) electrons. The summed E-state index contributed by atoms with van der Waals surface area (Å²) < 4.78 is 18.4. The van der Waals surface area contributed by atoms with Crippen LogP contribution < -0.4 is 4.90 Å². The largest absolute Gasteiger partial charge is 0.302 e. The number of aromatic nitrogens is 2. The molecule has 0 saturated carbocycles. The lowest BCUT2D eigenvalue weighted by Gasteiger charge is -2.24. The fraction of sp³-hybridized carbons (Fsp3) is 0.120. The Hall–Kier alpha value is -3.20. The second-order valence-corrected chi connectivity index (χ2v) is 10.2. The van der Waals surface area contributed by atoms with E-state index in [4.69, 9.17) is 0 Å². The van der Waals surface area contributed by atoms with Crippen LogP contribution in [0.1, 0.15) is 16.7 Å². The molecule has 3 aromatic carbocycles. The second-order valence-electron chi connectivity index (χ2n) is 8.07. The fourth-order valence-electron chi connectivity index (χ4n) is 4.03. The van der Waals surface area contributed by atoms with Gasteiger partial charge in [0.2, 0.25) is 0 Å². The van der Waals surface area contributed by atoms with Crippen LogP contribution in [0.2, 0.25) is 0 Å². The van der Waals surface area contributed by atoms with Crippen molar-refractivity contribution < 1.29 is 0 Å². The first-order chi connectivity index (χ1) is 16.1. The summed E-state index contributed by atoms with van der Waals surface area (Å²) in [4.78, 5) is 3.42. The van der Waals surface area contributed by atoms with Crippen molar-refractivity contribution in [2.45, 2.75) is 20.8 Å². The number of anilines is 3. The van der Waals surface area contributed by atoms with Gasteiger partial charge >= 0.3 is 0 Å². The van der Waals surface area contributed by atoms with E-state index in [1.807, 2.05) is 6.92 Å². The Morgan fingerprint density at radius 3 is 1.94 bits per heavy atom. The van der Waals surface area contributed by atoms with Gasteiger partial charge in [-0.25, -0.2) is 0 Å². The Morgan fingerprint density at radius 2 is 1.27 bits per heavy atom. The molecule has 3 heterocycles. The smallest absolute Gasteiger partial charge is 0.116 e. The van der Waals surface area contributed by atoms with Gasteiger partial charge in [-0.1, -0.05) is 35.4 Å². The molecule has 33 heavy (non-hydrogen) atoms. The SMILES string of the molecule is Cc1ccc(N(c2ccc(C)cc2)c2ccc(-c3c4c(c(C)c5nsnc35)N=S=N4)s2)cc1. The molecule has 0 amide bonds. The van der Waals surface area contributed by atoms with Crippen LogP contribution in [0.5, 0.6) is 0 Å². The van der Waals surface area contributed by atoms with Crippen molar-refractivity contribution in [3.63, 3.8) is 0 Å². The molecule has 1 aliphatic rings. The molecular formula is C25H19N5S3. The maximum atomic E-state index is 4.64. The maximum absolute atomic E-state index is 4.64. The Labute approximate surface area is 203 Å². The van der Waals surface area contributed by atoms with Gasteiger partial charge in [-0.3, -0.25) is 0 Å². The quantitative estimate of drug-likeness (QED) is 0.251. The van der Waals surface area contributed by atoms with Crippen LogP contribution in [0.4, 0.5) is 27.8 Å². The number of thiophene rings is 1. The van der Waals surface area contributed by atoms with E-state index in [1.165, 1.54) is 34.2 Å².